The summed E-state index contributed by atoms with van der Waals surface area (Å²) in [5.74, 6) is -0.421. The Morgan fingerprint density at radius 1 is 1.24 bits per heavy atom. The van der Waals surface area contributed by atoms with Crippen LogP contribution in [0.15, 0.2) is 36.4 Å². The zero-order chi connectivity index (χ0) is 15.4. The normalized spacial score (nSPS) is 10.2. The number of nitrogens with one attached hydrogen (secondary N) is 1. The summed E-state index contributed by atoms with van der Waals surface area (Å²) in [7, 11) is 1.35. The minimum atomic E-state index is -0.421. The van der Waals surface area contributed by atoms with E-state index in [1.54, 1.807) is 6.07 Å². The van der Waals surface area contributed by atoms with E-state index in [4.69, 9.17) is 10.5 Å². The molecule has 0 radical (unpaired) electrons. The van der Waals surface area contributed by atoms with Crippen molar-refractivity contribution in [1.29, 1.82) is 0 Å². The fourth-order valence-corrected chi connectivity index (χ4v) is 2.21. The van der Waals surface area contributed by atoms with Crippen LogP contribution in [0.3, 0.4) is 0 Å². The number of anilines is 2. The van der Waals surface area contributed by atoms with Gasteiger partial charge in [-0.25, -0.2) is 4.79 Å². The molecule has 4 nitrogen and oxygen atoms in total. The van der Waals surface area contributed by atoms with Crippen LogP contribution in [0, 0.1) is 13.8 Å². The summed E-state index contributed by atoms with van der Waals surface area (Å²) in [4.78, 5) is 11.7. The van der Waals surface area contributed by atoms with Crippen molar-refractivity contribution in [1.82, 2.24) is 0 Å². The van der Waals surface area contributed by atoms with Crippen LogP contribution in [0.25, 0.3) is 0 Å². The first-order valence-electron chi connectivity index (χ1n) is 6.79. The van der Waals surface area contributed by atoms with Gasteiger partial charge in [0.15, 0.2) is 0 Å². The van der Waals surface area contributed by atoms with Crippen LogP contribution >= 0.6 is 0 Å². The van der Waals surface area contributed by atoms with E-state index in [1.165, 1.54) is 18.2 Å². The van der Waals surface area contributed by atoms with Crippen molar-refractivity contribution >= 4 is 17.3 Å². The number of carbonyl (C=O) groups excluding carboxylic acids is 1. The summed E-state index contributed by atoms with van der Waals surface area (Å²) in [6, 6.07) is 11.9. The first-order valence-corrected chi connectivity index (χ1v) is 6.79. The standard InChI is InChI=1S/C17H20N2O2/c1-11-5-4-6-13(7-11)10-19-14-8-12(2)16(18)15(9-14)17(20)21-3/h4-9,19H,10,18H2,1-3H3. The van der Waals surface area contributed by atoms with E-state index in [-0.39, 0.29) is 0 Å². The van der Waals surface area contributed by atoms with Crippen molar-refractivity contribution in [2.75, 3.05) is 18.2 Å². The Morgan fingerprint density at radius 3 is 2.67 bits per heavy atom. The fourth-order valence-electron chi connectivity index (χ4n) is 2.21. The van der Waals surface area contributed by atoms with Crippen molar-refractivity contribution in [3.05, 3.63) is 58.7 Å². The van der Waals surface area contributed by atoms with Gasteiger partial charge in [-0.05, 0) is 37.1 Å². The Hall–Kier alpha value is -2.49. The Balaban J connectivity index is 2.21. The molecule has 0 amide bonds. The summed E-state index contributed by atoms with van der Waals surface area (Å²) >= 11 is 0. The maximum absolute atomic E-state index is 11.7. The van der Waals surface area contributed by atoms with Gasteiger partial charge in [-0.2, -0.15) is 0 Å². The zero-order valence-electron chi connectivity index (χ0n) is 12.6. The molecule has 0 atom stereocenters. The highest BCUT2D eigenvalue weighted by atomic mass is 16.5. The number of benzene rings is 2. The molecule has 3 N–H and O–H groups in total. The van der Waals surface area contributed by atoms with Crippen molar-refractivity contribution in [2.24, 2.45) is 0 Å². The van der Waals surface area contributed by atoms with Crippen LogP contribution in [0.4, 0.5) is 11.4 Å². The second-order valence-corrected chi connectivity index (χ2v) is 5.09. The molecule has 21 heavy (non-hydrogen) atoms. The first kappa shape index (κ1) is 14.9. The van der Waals surface area contributed by atoms with Crippen LogP contribution in [0.1, 0.15) is 27.0 Å². The van der Waals surface area contributed by atoms with Crippen molar-refractivity contribution in [3.63, 3.8) is 0 Å². The monoisotopic (exact) mass is 284 g/mol. The first-order chi connectivity index (χ1) is 10.0. The minimum Gasteiger partial charge on any atom is -0.465 e. The van der Waals surface area contributed by atoms with Gasteiger partial charge < -0.3 is 15.8 Å². The number of methoxy groups -OCH3 is 1. The third kappa shape index (κ3) is 3.54. The Labute approximate surface area is 124 Å². The van der Waals surface area contributed by atoms with E-state index >= 15 is 0 Å². The lowest BCUT2D eigenvalue weighted by molar-refractivity contribution is 0.0602. The molecule has 0 aromatic heterocycles. The number of aryl methyl sites for hydroxylation is 2. The highest BCUT2D eigenvalue weighted by molar-refractivity contribution is 5.97. The third-order valence-electron chi connectivity index (χ3n) is 3.37. The number of esters is 1. The van der Waals surface area contributed by atoms with Crippen LogP contribution < -0.4 is 11.1 Å². The number of rotatable bonds is 4. The van der Waals surface area contributed by atoms with Gasteiger partial charge in [-0.15, -0.1) is 0 Å². The van der Waals surface area contributed by atoms with E-state index in [9.17, 15) is 4.79 Å². The molecule has 0 aliphatic heterocycles. The summed E-state index contributed by atoms with van der Waals surface area (Å²) in [6.07, 6.45) is 0. The van der Waals surface area contributed by atoms with Crippen LogP contribution in [0.2, 0.25) is 0 Å². The molecule has 2 rings (SSSR count). The Morgan fingerprint density at radius 2 is 2.00 bits per heavy atom. The summed E-state index contributed by atoms with van der Waals surface area (Å²) in [5.41, 5.74) is 10.9. The Kier molecular flexibility index (Phi) is 4.48. The minimum absolute atomic E-state index is 0.393. The molecule has 0 aliphatic carbocycles. The molecule has 0 bridgehead atoms. The number of nitrogens with two attached hydrogens (primary N) is 1. The lowest BCUT2D eigenvalue weighted by Gasteiger charge is -2.12. The molecule has 0 unspecified atom stereocenters. The maximum Gasteiger partial charge on any atom is 0.340 e. The Bertz CT molecular complexity index is 666. The summed E-state index contributed by atoms with van der Waals surface area (Å²) in [5, 5.41) is 3.31. The largest absolute Gasteiger partial charge is 0.465 e. The molecule has 0 saturated carbocycles. The van der Waals surface area contributed by atoms with E-state index in [1.807, 2.05) is 19.1 Å². The third-order valence-corrected chi connectivity index (χ3v) is 3.37. The second-order valence-electron chi connectivity index (χ2n) is 5.09. The quantitative estimate of drug-likeness (QED) is 0.668. The lowest BCUT2D eigenvalue weighted by Crippen LogP contribution is -2.09. The molecule has 0 saturated heterocycles. The van der Waals surface area contributed by atoms with Gasteiger partial charge in [-0.3, -0.25) is 0 Å². The molecule has 110 valence electrons. The van der Waals surface area contributed by atoms with Crippen molar-refractivity contribution in [2.45, 2.75) is 20.4 Å². The topological polar surface area (TPSA) is 64.3 Å². The average molecular weight is 284 g/mol. The highest BCUT2D eigenvalue weighted by Crippen LogP contribution is 2.24. The van der Waals surface area contributed by atoms with Crippen LogP contribution in [-0.4, -0.2) is 13.1 Å². The number of ether oxygens (including phenoxy) is 1. The van der Waals surface area contributed by atoms with Crippen LogP contribution in [0.5, 0.6) is 0 Å². The molecular weight excluding hydrogens is 264 g/mol. The number of nitrogen functional groups attached to an aromatic ring is 1. The van der Waals surface area contributed by atoms with E-state index in [0.717, 1.165) is 11.3 Å². The molecule has 4 heteroatoms. The number of hydrogen-bond acceptors (Lipinski definition) is 4. The smallest absolute Gasteiger partial charge is 0.340 e. The zero-order valence-corrected chi connectivity index (χ0v) is 12.6. The fraction of sp³-hybridized carbons (Fsp3) is 0.235. The lowest BCUT2D eigenvalue weighted by atomic mass is 10.1. The van der Waals surface area contributed by atoms with E-state index in [0.29, 0.717) is 17.8 Å². The maximum atomic E-state index is 11.7. The second kappa shape index (κ2) is 6.31. The summed E-state index contributed by atoms with van der Waals surface area (Å²) < 4.78 is 4.76. The molecule has 0 heterocycles. The molecule has 0 fully saturated rings. The van der Waals surface area contributed by atoms with Gasteiger partial charge in [0.1, 0.15) is 0 Å². The summed E-state index contributed by atoms with van der Waals surface area (Å²) in [6.45, 7) is 4.62. The molecular formula is C17H20N2O2. The van der Waals surface area contributed by atoms with Gasteiger partial charge in [0.05, 0.1) is 12.7 Å². The van der Waals surface area contributed by atoms with E-state index < -0.39 is 5.97 Å². The van der Waals surface area contributed by atoms with Gasteiger partial charge in [0, 0.05) is 17.9 Å². The van der Waals surface area contributed by atoms with Gasteiger partial charge in [-0.1, -0.05) is 29.8 Å². The highest BCUT2D eigenvalue weighted by Gasteiger charge is 2.13. The van der Waals surface area contributed by atoms with Gasteiger partial charge in [0.25, 0.3) is 0 Å². The number of carbonyl (C=O) groups is 1. The van der Waals surface area contributed by atoms with Crippen LogP contribution in [-0.2, 0) is 11.3 Å². The van der Waals surface area contributed by atoms with Gasteiger partial charge in [0.2, 0.25) is 0 Å². The number of hydrogen-bond donors (Lipinski definition) is 2. The molecule has 2 aromatic carbocycles. The van der Waals surface area contributed by atoms with Crippen molar-refractivity contribution in [3.8, 4) is 0 Å². The van der Waals surface area contributed by atoms with Gasteiger partial charge >= 0.3 is 5.97 Å². The van der Waals surface area contributed by atoms with Crippen molar-refractivity contribution < 1.29 is 9.53 Å². The molecule has 2 aromatic rings. The van der Waals surface area contributed by atoms with E-state index in [2.05, 4.69) is 30.4 Å². The molecule has 0 aliphatic rings. The average Bonchev–Trinajstić information content (AvgIpc) is 2.47. The predicted octanol–water partition coefficient (Wildman–Crippen LogP) is 3.28. The predicted molar refractivity (Wildman–Crippen MR) is 85.4 cm³/mol. The SMILES string of the molecule is COC(=O)c1cc(NCc2cccc(C)c2)cc(C)c1N. The molecule has 0 spiro atoms.